The van der Waals surface area contributed by atoms with Crippen molar-refractivity contribution in [2.75, 3.05) is 0 Å². The highest BCUT2D eigenvalue weighted by Crippen LogP contribution is 2.76. The average molecular weight is 320 g/mol. The van der Waals surface area contributed by atoms with Gasteiger partial charge in [-0.2, -0.15) is 43.9 Å². The predicted octanol–water partition coefficient (Wildman–Crippen LogP) is 3.96. The van der Waals surface area contributed by atoms with Crippen molar-refractivity contribution in [3.63, 3.8) is 0 Å². The highest BCUT2D eigenvalue weighted by atomic mass is 19.4. The van der Waals surface area contributed by atoms with Crippen molar-refractivity contribution >= 4 is 0 Å². The van der Waals surface area contributed by atoms with Gasteiger partial charge in [0.15, 0.2) is 0 Å². The Bertz CT molecular complexity index is 326. The molecule has 116 valence electrons. The lowest BCUT2D eigenvalue weighted by Crippen LogP contribution is -2.93. The van der Waals surface area contributed by atoms with Crippen LogP contribution in [0.5, 0.6) is 0 Å². The summed E-state index contributed by atoms with van der Waals surface area (Å²) < 4.78 is 146. The van der Waals surface area contributed by atoms with Crippen LogP contribution in [-0.2, 0) is 0 Å². The van der Waals surface area contributed by atoms with E-state index in [-0.39, 0.29) is 4.70 Å². The average Bonchev–Trinajstić information content (AvgIpc) is 2.10. The molecule has 0 heterocycles. The molecule has 0 amide bonds. The van der Waals surface area contributed by atoms with Gasteiger partial charge in [-0.3, -0.25) is 4.70 Å². The summed E-state index contributed by atoms with van der Waals surface area (Å²) >= 11 is 0. The van der Waals surface area contributed by atoms with E-state index in [1.54, 1.807) is 0 Å². The van der Waals surface area contributed by atoms with Crippen molar-refractivity contribution in [1.82, 2.24) is 0 Å². The second kappa shape index (κ2) is 3.59. The Hall–Kier alpha value is -0.910. The third-order valence-corrected chi connectivity index (χ3v) is 2.52. The standard InChI is InChI=1S/C6F12.FH/c7-1(5(13,14)15)2(8,6(16,17)18)4(11,12)3(1,9)10;/h;1H. The third kappa shape index (κ3) is 1.38. The molecule has 1 aliphatic carbocycles. The van der Waals surface area contributed by atoms with Gasteiger partial charge in [0.1, 0.15) is 0 Å². The molecular formula is C6HF13. The lowest BCUT2D eigenvalue weighted by molar-refractivity contribution is -0.531. The van der Waals surface area contributed by atoms with Crippen LogP contribution < -0.4 is 0 Å². The monoisotopic (exact) mass is 320 g/mol. The van der Waals surface area contributed by atoms with Crippen LogP contribution in [0.1, 0.15) is 0 Å². The summed E-state index contributed by atoms with van der Waals surface area (Å²) in [5, 5.41) is 0. The molecule has 1 fully saturated rings. The van der Waals surface area contributed by atoms with Crippen LogP contribution in [0, 0.1) is 0 Å². The van der Waals surface area contributed by atoms with Crippen molar-refractivity contribution in [2.45, 2.75) is 35.5 Å². The van der Waals surface area contributed by atoms with E-state index in [1.165, 1.54) is 0 Å². The highest BCUT2D eigenvalue weighted by Gasteiger charge is 3.10. The largest absolute Gasteiger partial charge is 0.432 e. The summed E-state index contributed by atoms with van der Waals surface area (Å²) in [6.07, 6.45) is -14.4. The molecule has 13 heteroatoms. The maximum absolute atomic E-state index is 12.8. The van der Waals surface area contributed by atoms with E-state index in [9.17, 15) is 52.7 Å². The van der Waals surface area contributed by atoms with Crippen molar-refractivity contribution in [2.24, 2.45) is 0 Å². The first-order valence-electron chi connectivity index (χ1n) is 3.77. The fraction of sp³-hybridized carbons (Fsp3) is 1.00. The Morgan fingerprint density at radius 2 is 0.632 bits per heavy atom. The van der Waals surface area contributed by atoms with E-state index < -0.39 is 35.5 Å². The Labute approximate surface area is 94.3 Å². The second-order valence-electron chi connectivity index (χ2n) is 3.46. The SMILES string of the molecule is F.FC(F)(F)C1(F)C(F)(F)C(F)(F)C1(F)C(F)(F)F. The molecule has 19 heavy (non-hydrogen) atoms. The van der Waals surface area contributed by atoms with Gasteiger partial charge in [-0.25, -0.2) is 8.78 Å². The fourth-order valence-corrected chi connectivity index (χ4v) is 1.55. The summed E-state index contributed by atoms with van der Waals surface area (Å²) in [4.78, 5) is 0. The minimum absolute atomic E-state index is 0. The number of rotatable bonds is 0. The van der Waals surface area contributed by atoms with Crippen LogP contribution in [0.2, 0.25) is 0 Å². The summed E-state index contributed by atoms with van der Waals surface area (Å²) in [5.74, 6) is -13.7. The first-order valence-corrected chi connectivity index (χ1v) is 3.77. The molecule has 0 bridgehead atoms. The van der Waals surface area contributed by atoms with E-state index in [0.717, 1.165) is 0 Å². The summed E-state index contributed by atoms with van der Waals surface area (Å²) in [7, 11) is 0. The molecule has 1 aliphatic rings. The van der Waals surface area contributed by atoms with Gasteiger partial charge in [0, 0.05) is 0 Å². The van der Waals surface area contributed by atoms with Gasteiger partial charge >= 0.3 is 35.5 Å². The van der Waals surface area contributed by atoms with E-state index in [2.05, 4.69) is 0 Å². The fourth-order valence-electron chi connectivity index (χ4n) is 1.55. The van der Waals surface area contributed by atoms with Crippen molar-refractivity contribution in [1.29, 1.82) is 0 Å². The summed E-state index contributed by atoms with van der Waals surface area (Å²) in [6.45, 7) is 0. The Morgan fingerprint density at radius 3 is 0.737 bits per heavy atom. The predicted molar refractivity (Wildman–Crippen MR) is 32.2 cm³/mol. The molecular weight excluding hydrogens is 319 g/mol. The van der Waals surface area contributed by atoms with Crippen LogP contribution in [0.4, 0.5) is 57.4 Å². The highest BCUT2D eigenvalue weighted by molar-refractivity contribution is 5.36. The lowest BCUT2D eigenvalue weighted by Gasteiger charge is -2.58. The van der Waals surface area contributed by atoms with Gasteiger partial charge in [-0.1, -0.05) is 0 Å². The van der Waals surface area contributed by atoms with Gasteiger partial charge in [-0.15, -0.1) is 0 Å². The number of hydrogen-bond donors (Lipinski definition) is 0. The first kappa shape index (κ1) is 18.1. The van der Waals surface area contributed by atoms with E-state index in [4.69, 9.17) is 0 Å². The molecule has 0 aromatic heterocycles. The topological polar surface area (TPSA) is 0 Å². The molecule has 0 N–H and O–H groups in total. The molecule has 2 atom stereocenters. The van der Waals surface area contributed by atoms with Crippen LogP contribution in [0.15, 0.2) is 0 Å². The summed E-state index contributed by atoms with van der Waals surface area (Å²) in [5.41, 5.74) is -14.1. The maximum atomic E-state index is 12.8. The van der Waals surface area contributed by atoms with E-state index >= 15 is 0 Å². The minimum Gasteiger partial charge on any atom is -0.269 e. The van der Waals surface area contributed by atoms with Gasteiger partial charge < -0.3 is 0 Å². The third-order valence-electron chi connectivity index (χ3n) is 2.52. The molecule has 0 aliphatic heterocycles. The maximum Gasteiger partial charge on any atom is 0.432 e. The Balaban J connectivity index is 0.00000324. The molecule has 0 nitrogen and oxygen atoms in total. The van der Waals surface area contributed by atoms with Crippen molar-refractivity contribution < 1.29 is 57.4 Å². The number of halogens is 13. The minimum atomic E-state index is -7.18. The smallest absolute Gasteiger partial charge is 0.269 e. The van der Waals surface area contributed by atoms with Crippen LogP contribution in [0.25, 0.3) is 0 Å². The second-order valence-corrected chi connectivity index (χ2v) is 3.46. The molecule has 1 saturated carbocycles. The van der Waals surface area contributed by atoms with E-state index in [0.29, 0.717) is 0 Å². The molecule has 0 radical (unpaired) electrons. The molecule has 2 unspecified atom stereocenters. The molecule has 0 aromatic carbocycles. The molecule has 0 aromatic rings. The van der Waals surface area contributed by atoms with Crippen molar-refractivity contribution in [3.8, 4) is 0 Å². The Morgan fingerprint density at radius 1 is 0.474 bits per heavy atom. The molecule has 0 saturated heterocycles. The van der Waals surface area contributed by atoms with Crippen LogP contribution in [-0.4, -0.2) is 35.5 Å². The lowest BCUT2D eigenvalue weighted by atomic mass is 9.60. The summed E-state index contributed by atoms with van der Waals surface area (Å²) in [6, 6.07) is 0. The molecule has 0 spiro atoms. The van der Waals surface area contributed by atoms with Gasteiger partial charge in [0.05, 0.1) is 0 Å². The zero-order valence-electron chi connectivity index (χ0n) is 7.94. The van der Waals surface area contributed by atoms with E-state index in [1.807, 2.05) is 0 Å². The van der Waals surface area contributed by atoms with Crippen molar-refractivity contribution in [3.05, 3.63) is 0 Å². The number of hydrogen-bond acceptors (Lipinski definition) is 0. The molecule has 1 rings (SSSR count). The zero-order chi connectivity index (χ0) is 15.0. The quantitative estimate of drug-likeness (QED) is 0.593. The van der Waals surface area contributed by atoms with Gasteiger partial charge in [0.25, 0.3) is 0 Å². The zero-order valence-corrected chi connectivity index (χ0v) is 7.94. The first-order chi connectivity index (χ1) is 7.50. The van der Waals surface area contributed by atoms with Crippen LogP contribution in [0.3, 0.4) is 0 Å². The Kier molecular flexibility index (Phi) is 3.42. The number of alkyl halides is 12. The van der Waals surface area contributed by atoms with Gasteiger partial charge in [0.2, 0.25) is 0 Å². The normalized spacial score (nSPS) is 37.3. The van der Waals surface area contributed by atoms with Gasteiger partial charge in [-0.05, 0) is 0 Å². The van der Waals surface area contributed by atoms with Crippen LogP contribution >= 0.6 is 0 Å².